The van der Waals surface area contributed by atoms with Crippen LogP contribution in [0.2, 0.25) is 0 Å². The van der Waals surface area contributed by atoms with Gasteiger partial charge in [0.2, 0.25) is 5.91 Å². The highest BCUT2D eigenvalue weighted by Crippen LogP contribution is 2.27. The summed E-state index contributed by atoms with van der Waals surface area (Å²) in [6.07, 6.45) is 0. The lowest BCUT2D eigenvalue weighted by molar-refractivity contribution is -0.119. The molecule has 1 heterocycles. The third-order valence-corrected chi connectivity index (χ3v) is 5.40. The van der Waals surface area contributed by atoms with E-state index in [1.54, 1.807) is 4.68 Å². The van der Waals surface area contributed by atoms with Crippen molar-refractivity contribution in [2.75, 3.05) is 11.4 Å². The fourth-order valence-electron chi connectivity index (χ4n) is 2.97. The minimum atomic E-state index is 0.0342. The molecule has 0 bridgehead atoms. The second-order valence-electron chi connectivity index (χ2n) is 5.78. The minimum Gasteiger partial charge on any atom is -0.310 e. The maximum Gasteiger partial charge on any atom is 0.248 e. The Hall–Kier alpha value is -2.14. The highest BCUT2D eigenvalue weighted by molar-refractivity contribution is 9.10. The van der Waals surface area contributed by atoms with E-state index >= 15 is 0 Å². The van der Waals surface area contributed by atoms with Crippen LogP contribution in [-0.2, 0) is 11.3 Å². The summed E-state index contributed by atoms with van der Waals surface area (Å²) in [6.45, 7) is 6.74. The first-order valence-electron chi connectivity index (χ1n) is 8.00. The van der Waals surface area contributed by atoms with E-state index in [1.807, 2.05) is 49.9 Å². The highest BCUT2D eigenvalue weighted by atomic mass is 79.9. The first-order chi connectivity index (χ1) is 11.5. The number of nitrogens with zero attached hydrogens (tertiary/aromatic N) is 3. The molecule has 0 N–H and O–H groups in total. The molecule has 1 aromatic heterocycles. The number of amides is 1. The Labute approximate surface area is 150 Å². The van der Waals surface area contributed by atoms with Crippen LogP contribution in [0.15, 0.2) is 46.9 Å². The summed E-state index contributed by atoms with van der Waals surface area (Å²) >= 11 is 3.51. The summed E-state index contributed by atoms with van der Waals surface area (Å²) in [5, 5.41) is 6.67. The Morgan fingerprint density at radius 1 is 1.17 bits per heavy atom. The summed E-state index contributed by atoms with van der Waals surface area (Å²) in [4.78, 5) is 14.7. The second-order valence-corrected chi connectivity index (χ2v) is 6.57. The normalized spacial score (nSPS) is 11.0. The number of carbonyl (C=O) groups is 1. The molecule has 4 nitrogen and oxygen atoms in total. The van der Waals surface area contributed by atoms with Crippen LogP contribution < -0.4 is 4.90 Å². The maximum absolute atomic E-state index is 12.9. The average molecular weight is 386 g/mol. The number of hydrogen-bond acceptors (Lipinski definition) is 2. The third-order valence-electron chi connectivity index (χ3n) is 4.25. The fourth-order valence-corrected chi connectivity index (χ4v) is 3.25. The van der Waals surface area contributed by atoms with Crippen molar-refractivity contribution in [1.82, 2.24) is 9.78 Å². The van der Waals surface area contributed by atoms with Crippen molar-refractivity contribution in [1.29, 1.82) is 0 Å². The van der Waals surface area contributed by atoms with Gasteiger partial charge in [0.25, 0.3) is 0 Å². The van der Waals surface area contributed by atoms with Gasteiger partial charge in [0.15, 0.2) is 0 Å². The highest BCUT2D eigenvalue weighted by Gasteiger charge is 2.19. The molecule has 0 aliphatic rings. The van der Waals surface area contributed by atoms with Gasteiger partial charge in [-0.05, 0) is 48.2 Å². The predicted octanol–water partition coefficient (Wildman–Crippen LogP) is 4.47. The van der Waals surface area contributed by atoms with Crippen molar-refractivity contribution < 1.29 is 4.79 Å². The summed E-state index contributed by atoms with van der Waals surface area (Å²) in [5.41, 5.74) is 2.81. The molecular formula is C19H20BrN3O. The van der Waals surface area contributed by atoms with Crippen LogP contribution >= 0.6 is 15.9 Å². The summed E-state index contributed by atoms with van der Waals surface area (Å²) in [6, 6.07) is 14.2. The van der Waals surface area contributed by atoms with Crippen molar-refractivity contribution >= 4 is 38.3 Å². The van der Waals surface area contributed by atoms with E-state index in [4.69, 9.17) is 0 Å². The number of aryl methyl sites for hydroxylation is 1. The third kappa shape index (κ3) is 2.96. The molecule has 24 heavy (non-hydrogen) atoms. The molecular weight excluding hydrogens is 366 g/mol. The van der Waals surface area contributed by atoms with E-state index in [2.05, 4.69) is 39.2 Å². The summed E-state index contributed by atoms with van der Waals surface area (Å²) < 4.78 is 2.72. The molecule has 3 aromatic rings. The standard InChI is InChI=1S/C19H20BrN3O/c1-4-22(17-11-7-9-15-8-5-6-10-16(15)17)18(24)12-23-14(3)19(20)13(2)21-23/h5-11H,4,12H2,1-3H3. The fraction of sp³-hybridized carbons (Fsp3) is 0.263. The van der Waals surface area contributed by atoms with E-state index in [1.165, 1.54) is 0 Å². The lowest BCUT2D eigenvalue weighted by Gasteiger charge is -2.23. The van der Waals surface area contributed by atoms with Gasteiger partial charge in [0.1, 0.15) is 6.54 Å². The van der Waals surface area contributed by atoms with Crippen molar-refractivity contribution in [3.63, 3.8) is 0 Å². The second kappa shape index (κ2) is 6.77. The van der Waals surface area contributed by atoms with Gasteiger partial charge in [-0.2, -0.15) is 5.10 Å². The zero-order chi connectivity index (χ0) is 17.3. The first kappa shape index (κ1) is 16.7. The number of anilines is 1. The van der Waals surface area contributed by atoms with Gasteiger partial charge in [-0.25, -0.2) is 0 Å². The monoisotopic (exact) mass is 385 g/mol. The summed E-state index contributed by atoms with van der Waals surface area (Å²) in [7, 11) is 0. The van der Waals surface area contributed by atoms with Gasteiger partial charge < -0.3 is 4.90 Å². The minimum absolute atomic E-state index is 0.0342. The van der Waals surface area contributed by atoms with Gasteiger partial charge in [-0.1, -0.05) is 36.4 Å². The van der Waals surface area contributed by atoms with Gasteiger partial charge in [-0.15, -0.1) is 0 Å². The Balaban J connectivity index is 1.95. The van der Waals surface area contributed by atoms with Crippen molar-refractivity contribution in [3.05, 3.63) is 58.3 Å². The molecule has 5 heteroatoms. The van der Waals surface area contributed by atoms with Crippen LogP contribution in [-0.4, -0.2) is 22.2 Å². The zero-order valence-electron chi connectivity index (χ0n) is 14.1. The smallest absolute Gasteiger partial charge is 0.248 e. The number of carbonyl (C=O) groups excluding carboxylic acids is 1. The van der Waals surface area contributed by atoms with E-state index in [9.17, 15) is 4.79 Å². The molecule has 0 fully saturated rings. The molecule has 0 aliphatic carbocycles. The van der Waals surface area contributed by atoms with Crippen LogP contribution in [0.25, 0.3) is 10.8 Å². The molecule has 0 aliphatic heterocycles. The van der Waals surface area contributed by atoms with Crippen LogP contribution in [0.5, 0.6) is 0 Å². The quantitative estimate of drug-likeness (QED) is 0.664. The number of hydrogen-bond donors (Lipinski definition) is 0. The van der Waals surface area contributed by atoms with Crippen LogP contribution in [0.3, 0.4) is 0 Å². The number of aromatic nitrogens is 2. The van der Waals surface area contributed by atoms with Gasteiger partial charge in [-0.3, -0.25) is 9.48 Å². The molecule has 1 amide bonds. The molecule has 0 saturated heterocycles. The van der Waals surface area contributed by atoms with Crippen LogP contribution in [0.1, 0.15) is 18.3 Å². The number of fused-ring (bicyclic) bond motifs is 1. The van der Waals surface area contributed by atoms with E-state index in [-0.39, 0.29) is 12.5 Å². The van der Waals surface area contributed by atoms with E-state index in [0.717, 1.165) is 32.3 Å². The van der Waals surface area contributed by atoms with Crippen molar-refractivity contribution in [3.8, 4) is 0 Å². The number of benzene rings is 2. The number of likely N-dealkylation sites (N-methyl/N-ethyl adjacent to an activating group) is 1. The lowest BCUT2D eigenvalue weighted by atomic mass is 10.1. The lowest BCUT2D eigenvalue weighted by Crippen LogP contribution is -2.34. The number of halogens is 1. The molecule has 3 rings (SSSR count). The van der Waals surface area contributed by atoms with Crippen molar-refractivity contribution in [2.45, 2.75) is 27.3 Å². The van der Waals surface area contributed by atoms with Crippen LogP contribution in [0, 0.1) is 13.8 Å². The summed E-state index contributed by atoms with van der Waals surface area (Å²) in [5.74, 6) is 0.0342. The van der Waals surface area contributed by atoms with Crippen molar-refractivity contribution in [2.24, 2.45) is 0 Å². The predicted molar refractivity (Wildman–Crippen MR) is 101 cm³/mol. The van der Waals surface area contributed by atoms with Gasteiger partial charge in [0, 0.05) is 11.9 Å². The maximum atomic E-state index is 12.9. The molecule has 0 unspecified atom stereocenters. The average Bonchev–Trinajstić information content (AvgIpc) is 2.83. The zero-order valence-corrected chi connectivity index (χ0v) is 15.7. The molecule has 0 atom stereocenters. The van der Waals surface area contributed by atoms with Gasteiger partial charge >= 0.3 is 0 Å². The molecule has 0 spiro atoms. The molecule has 0 saturated carbocycles. The Bertz CT molecular complexity index is 896. The molecule has 124 valence electrons. The Morgan fingerprint density at radius 2 is 1.88 bits per heavy atom. The topological polar surface area (TPSA) is 38.1 Å². The largest absolute Gasteiger partial charge is 0.310 e. The Morgan fingerprint density at radius 3 is 2.54 bits per heavy atom. The van der Waals surface area contributed by atoms with E-state index in [0.29, 0.717) is 6.54 Å². The molecule has 0 radical (unpaired) electrons. The SMILES string of the molecule is CCN(C(=O)Cn1nc(C)c(Br)c1C)c1cccc2ccccc12. The van der Waals surface area contributed by atoms with Crippen LogP contribution in [0.4, 0.5) is 5.69 Å². The van der Waals surface area contributed by atoms with Gasteiger partial charge in [0.05, 0.1) is 21.5 Å². The van der Waals surface area contributed by atoms with E-state index < -0.39 is 0 Å². The molecule has 2 aromatic carbocycles. The first-order valence-corrected chi connectivity index (χ1v) is 8.80. The number of rotatable bonds is 4. The Kier molecular flexibility index (Phi) is 4.71.